The largest absolute Gasteiger partial charge is 0.591 e. The summed E-state index contributed by atoms with van der Waals surface area (Å²) < 4.78 is 15.4. The summed E-state index contributed by atoms with van der Waals surface area (Å²) in [6.45, 7) is 11.8. The molecule has 0 aliphatic rings. The van der Waals surface area contributed by atoms with Gasteiger partial charge in [-0.3, -0.25) is 0 Å². The third kappa shape index (κ3) is 4.12. The van der Waals surface area contributed by atoms with Gasteiger partial charge in [-0.2, -0.15) is 0 Å². The van der Waals surface area contributed by atoms with E-state index in [1.807, 2.05) is 27.7 Å². The third-order valence-electron chi connectivity index (χ3n) is 1.59. The Morgan fingerprint density at radius 1 is 1.33 bits per heavy atom. The van der Waals surface area contributed by atoms with Crippen LogP contribution in [0.15, 0.2) is 4.40 Å². The number of nitrogens with zero attached hydrogens (tertiary/aromatic N) is 1. The van der Waals surface area contributed by atoms with Gasteiger partial charge in [-0.15, -0.1) is 0 Å². The molecule has 0 fully saturated rings. The van der Waals surface area contributed by atoms with E-state index in [4.69, 9.17) is 0 Å². The van der Waals surface area contributed by atoms with E-state index in [1.165, 1.54) is 0 Å². The molecule has 0 aliphatic carbocycles. The molecule has 0 saturated carbocycles. The second-order valence-corrected chi connectivity index (χ2v) is 6.15. The Morgan fingerprint density at radius 3 is 2.00 bits per heavy atom. The van der Waals surface area contributed by atoms with Gasteiger partial charge in [-0.1, -0.05) is 18.2 Å². The summed E-state index contributed by atoms with van der Waals surface area (Å²) in [6.07, 6.45) is 0. The Kier molecular flexibility index (Phi) is 4.28. The molecule has 12 heavy (non-hydrogen) atoms. The van der Waals surface area contributed by atoms with Crippen LogP contribution in [-0.2, 0) is 11.4 Å². The molecule has 0 rings (SSSR count). The average Bonchev–Trinajstić information content (AvgIpc) is 1.85. The third-order valence-corrected chi connectivity index (χ3v) is 3.09. The van der Waals surface area contributed by atoms with Gasteiger partial charge < -0.3 is 4.55 Å². The predicted molar refractivity (Wildman–Crippen MR) is 55.8 cm³/mol. The van der Waals surface area contributed by atoms with Gasteiger partial charge in [-0.05, 0) is 33.6 Å². The molecule has 3 heteroatoms. The highest BCUT2D eigenvalue weighted by Crippen LogP contribution is 2.18. The fourth-order valence-corrected chi connectivity index (χ4v) is 1.12. The average molecular weight is 189 g/mol. The van der Waals surface area contributed by atoms with Crippen molar-refractivity contribution in [1.82, 2.24) is 0 Å². The molecular formula is C9H19NOS. The van der Waals surface area contributed by atoms with Crippen molar-refractivity contribution in [2.45, 2.75) is 46.3 Å². The quantitative estimate of drug-likeness (QED) is 0.485. The monoisotopic (exact) mass is 189 g/mol. The maximum Gasteiger partial charge on any atom is 0.144 e. The highest BCUT2D eigenvalue weighted by atomic mass is 32.2. The Balaban J connectivity index is 4.34. The topological polar surface area (TPSA) is 35.4 Å². The van der Waals surface area contributed by atoms with Crippen LogP contribution < -0.4 is 0 Å². The first-order chi connectivity index (χ1) is 5.25. The molecule has 0 spiro atoms. The Labute approximate surface area is 78.8 Å². The van der Waals surface area contributed by atoms with Gasteiger partial charge in [0, 0.05) is 0 Å². The summed E-state index contributed by atoms with van der Waals surface area (Å²) in [6, 6.07) is 0. The molecule has 0 saturated heterocycles. The van der Waals surface area contributed by atoms with Crippen molar-refractivity contribution in [2.75, 3.05) is 0 Å². The molecule has 0 aromatic carbocycles. The lowest BCUT2D eigenvalue weighted by molar-refractivity contribution is 0.561. The van der Waals surface area contributed by atoms with Crippen molar-refractivity contribution in [1.29, 1.82) is 0 Å². The molecule has 0 heterocycles. The van der Waals surface area contributed by atoms with Gasteiger partial charge in [0.2, 0.25) is 0 Å². The lowest BCUT2D eigenvalue weighted by Gasteiger charge is -2.19. The Hall–Kier alpha value is -0.0200. The Bertz CT molecular complexity index is 170. The SMILES string of the molecule is CC(=N[S@+]([O-])C(C)(C)C)C(C)C. The van der Waals surface area contributed by atoms with Crippen LogP contribution in [0.5, 0.6) is 0 Å². The highest BCUT2D eigenvalue weighted by Gasteiger charge is 2.26. The van der Waals surface area contributed by atoms with E-state index in [1.54, 1.807) is 0 Å². The molecule has 0 aromatic heterocycles. The van der Waals surface area contributed by atoms with E-state index in [2.05, 4.69) is 18.2 Å². The van der Waals surface area contributed by atoms with E-state index in [9.17, 15) is 4.55 Å². The van der Waals surface area contributed by atoms with E-state index in [0.717, 1.165) is 5.71 Å². The van der Waals surface area contributed by atoms with Crippen LogP contribution in [-0.4, -0.2) is 15.0 Å². The molecule has 0 aliphatic heterocycles. The normalized spacial score (nSPS) is 16.8. The molecular weight excluding hydrogens is 170 g/mol. The summed E-state index contributed by atoms with van der Waals surface area (Å²) >= 11 is -1.10. The second kappa shape index (κ2) is 4.28. The van der Waals surface area contributed by atoms with Crippen molar-refractivity contribution in [3.8, 4) is 0 Å². The van der Waals surface area contributed by atoms with Crippen molar-refractivity contribution in [3.05, 3.63) is 0 Å². The number of hydrogen-bond donors (Lipinski definition) is 0. The van der Waals surface area contributed by atoms with E-state index < -0.39 is 11.4 Å². The van der Waals surface area contributed by atoms with Crippen LogP contribution in [0, 0.1) is 5.92 Å². The van der Waals surface area contributed by atoms with E-state index in [-0.39, 0.29) is 4.75 Å². The maximum absolute atomic E-state index is 11.5. The van der Waals surface area contributed by atoms with Gasteiger partial charge >= 0.3 is 0 Å². The first-order valence-electron chi connectivity index (χ1n) is 4.22. The summed E-state index contributed by atoms with van der Waals surface area (Å²) in [5.41, 5.74) is 0.961. The van der Waals surface area contributed by atoms with E-state index in [0.29, 0.717) is 5.92 Å². The first kappa shape index (κ1) is 12.0. The van der Waals surface area contributed by atoms with Gasteiger partial charge in [0.1, 0.15) is 16.1 Å². The van der Waals surface area contributed by atoms with Crippen LogP contribution in [0.2, 0.25) is 0 Å². The van der Waals surface area contributed by atoms with Crippen molar-refractivity contribution in [2.24, 2.45) is 10.3 Å². The molecule has 72 valence electrons. The van der Waals surface area contributed by atoms with Crippen LogP contribution >= 0.6 is 0 Å². The fraction of sp³-hybridized carbons (Fsp3) is 0.889. The summed E-state index contributed by atoms with van der Waals surface area (Å²) in [5.74, 6) is 0.385. The minimum Gasteiger partial charge on any atom is -0.591 e. The van der Waals surface area contributed by atoms with Crippen LogP contribution in [0.3, 0.4) is 0 Å². The van der Waals surface area contributed by atoms with Crippen LogP contribution in [0.25, 0.3) is 0 Å². The predicted octanol–water partition coefficient (Wildman–Crippen LogP) is 2.57. The minimum absolute atomic E-state index is 0.240. The first-order valence-corrected chi connectivity index (χ1v) is 5.33. The maximum atomic E-state index is 11.5. The fourth-order valence-electron chi connectivity index (χ4n) is 0.373. The second-order valence-electron chi connectivity index (χ2n) is 4.25. The number of rotatable bonds is 2. The summed E-state index contributed by atoms with van der Waals surface area (Å²) in [5, 5.41) is 0. The van der Waals surface area contributed by atoms with Gasteiger partial charge in [-0.25, -0.2) is 0 Å². The van der Waals surface area contributed by atoms with Gasteiger partial charge in [0.25, 0.3) is 0 Å². The molecule has 0 aromatic rings. The van der Waals surface area contributed by atoms with Crippen molar-refractivity contribution < 1.29 is 4.55 Å². The molecule has 0 radical (unpaired) electrons. The molecule has 0 N–H and O–H groups in total. The molecule has 1 atom stereocenters. The highest BCUT2D eigenvalue weighted by molar-refractivity contribution is 7.91. The standard InChI is InChI=1S/C9H19NOS/c1-7(2)8(3)10-12(11)9(4,5)6/h7H,1-6H3/t12-/m1/s1. The zero-order valence-electron chi connectivity index (χ0n) is 8.84. The summed E-state index contributed by atoms with van der Waals surface area (Å²) in [7, 11) is 0. The minimum atomic E-state index is -1.10. The molecule has 2 nitrogen and oxygen atoms in total. The van der Waals surface area contributed by atoms with Gasteiger partial charge in [0.05, 0.1) is 5.71 Å². The smallest absolute Gasteiger partial charge is 0.144 e. The molecule has 0 unspecified atom stereocenters. The Morgan fingerprint density at radius 2 is 1.75 bits per heavy atom. The van der Waals surface area contributed by atoms with Crippen molar-refractivity contribution >= 4 is 17.1 Å². The van der Waals surface area contributed by atoms with Crippen LogP contribution in [0.1, 0.15) is 41.5 Å². The molecule has 0 bridgehead atoms. The lowest BCUT2D eigenvalue weighted by atomic mass is 10.1. The molecule has 0 amide bonds. The summed E-state index contributed by atoms with van der Waals surface area (Å²) in [4.78, 5) is 0. The van der Waals surface area contributed by atoms with Gasteiger partial charge in [0.15, 0.2) is 0 Å². The lowest BCUT2D eigenvalue weighted by Crippen LogP contribution is -2.27. The zero-order valence-corrected chi connectivity index (χ0v) is 9.66. The van der Waals surface area contributed by atoms with E-state index >= 15 is 0 Å². The van der Waals surface area contributed by atoms with Crippen LogP contribution in [0.4, 0.5) is 0 Å². The number of hydrogen-bond acceptors (Lipinski definition) is 2. The van der Waals surface area contributed by atoms with Crippen molar-refractivity contribution in [3.63, 3.8) is 0 Å². The zero-order chi connectivity index (χ0) is 9.94.